The molecule has 0 fully saturated rings. The summed E-state index contributed by atoms with van der Waals surface area (Å²) in [5.41, 5.74) is 0.303. The van der Waals surface area contributed by atoms with Gasteiger partial charge in [-0.15, -0.1) is 0 Å². The molecule has 0 aliphatic rings. The number of hydrogen-bond acceptors (Lipinski definition) is 3. The van der Waals surface area contributed by atoms with Gasteiger partial charge in [0.15, 0.2) is 0 Å². The minimum Gasteiger partial charge on any atom is -0.282 e. The van der Waals surface area contributed by atoms with Crippen LogP contribution in [0.3, 0.4) is 0 Å². The summed E-state index contributed by atoms with van der Waals surface area (Å²) in [5.74, 6) is 0. The molecule has 0 aromatic carbocycles. The zero-order valence-electron chi connectivity index (χ0n) is 6.02. The standard InChI is InChI=1S/C7H5N3OS/c11-7-9-6(12)8-5-3-1-2-4-10(5)7/h1-4H,(H,9,11,12). The summed E-state index contributed by atoms with van der Waals surface area (Å²) in [6.45, 7) is 0. The average Bonchev–Trinajstić information content (AvgIpc) is 2.04. The van der Waals surface area contributed by atoms with Gasteiger partial charge in [0.05, 0.1) is 0 Å². The highest BCUT2D eigenvalue weighted by Gasteiger charge is 1.93. The molecule has 0 unspecified atom stereocenters. The molecule has 0 bridgehead atoms. The summed E-state index contributed by atoms with van der Waals surface area (Å²) in [7, 11) is 0. The summed E-state index contributed by atoms with van der Waals surface area (Å²) in [6.07, 6.45) is 1.63. The molecular weight excluding hydrogens is 174 g/mol. The molecule has 0 aliphatic heterocycles. The van der Waals surface area contributed by atoms with Crippen LogP contribution in [0.25, 0.3) is 5.65 Å². The fourth-order valence-corrected chi connectivity index (χ4v) is 1.16. The van der Waals surface area contributed by atoms with E-state index in [-0.39, 0.29) is 10.5 Å². The number of hydrogen-bond donors (Lipinski definition) is 1. The molecule has 0 saturated carbocycles. The van der Waals surface area contributed by atoms with E-state index in [9.17, 15) is 4.79 Å². The number of aromatic nitrogens is 3. The van der Waals surface area contributed by atoms with Crippen molar-refractivity contribution in [3.63, 3.8) is 0 Å². The van der Waals surface area contributed by atoms with E-state index in [1.54, 1.807) is 24.4 Å². The quantitative estimate of drug-likeness (QED) is 0.607. The lowest BCUT2D eigenvalue weighted by atomic mass is 10.5. The van der Waals surface area contributed by atoms with Gasteiger partial charge in [0.25, 0.3) is 0 Å². The SMILES string of the molecule is O=c1[nH]c(=S)nc2ccccn12. The second kappa shape index (κ2) is 2.53. The molecule has 0 aliphatic carbocycles. The summed E-state index contributed by atoms with van der Waals surface area (Å²) in [5, 5.41) is 0. The Balaban J connectivity index is 3.09. The lowest BCUT2D eigenvalue weighted by Crippen LogP contribution is -2.17. The van der Waals surface area contributed by atoms with E-state index in [1.807, 2.05) is 0 Å². The van der Waals surface area contributed by atoms with E-state index in [1.165, 1.54) is 4.40 Å². The summed E-state index contributed by atoms with van der Waals surface area (Å²) < 4.78 is 1.61. The van der Waals surface area contributed by atoms with Gasteiger partial charge in [0.2, 0.25) is 4.77 Å². The lowest BCUT2D eigenvalue weighted by molar-refractivity contribution is 0.928. The Bertz CT molecular complexity index is 528. The second-order valence-corrected chi connectivity index (χ2v) is 2.66. The largest absolute Gasteiger partial charge is 0.333 e. The van der Waals surface area contributed by atoms with Crippen LogP contribution in [0.15, 0.2) is 29.2 Å². The Kier molecular flexibility index (Phi) is 1.51. The molecule has 60 valence electrons. The van der Waals surface area contributed by atoms with Crippen LogP contribution >= 0.6 is 12.2 Å². The van der Waals surface area contributed by atoms with E-state index in [2.05, 4.69) is 9.97 Å². The molecule has 12 heavy (non-hydrogen) atoms. The number of aromatic amines is 1. The predicted octanol–water partition coefficient (Wildman–Crippen LogP) is 0.752. The molecule has 0 radical (unpaired) electrons. The first-order valence-corrected chi connectivity index (χ1v) is 3.76. The van der Waals surface area contributed by atoms with Crippen molar-refractivity contribution in [2.45, 2.75) is 0 Å². The van der Waals surface area contributed by atoms with Gasteiger partial charge in [-0.3, -0.25) is 9.38 Å². The molecule has 0 amide bonds. The third-order valence-corrected chi connectivity index (χ3v) is 1.68. The minimum atomic E-state index is -0.259. The molecule has 0 saturated heterocycles. The van der Waals surface area contributed by atoms with Crippen LogP contribution in [0.1, 0.15) is 0 Å². The lowest BCUT2D eigenvalue weighted by Gasteiger charge is -1.95. The highest BCUT2D eigenvalue weighted by atomic mass is 32.1. The van der Waals surface area contributed by atoms with Gasteiger partial charge >= 0.3 is 5.69 Å². The number of nitrogens with one attached hydrogen (secondary N) is 1. The zero-order chi connectivity index (χ0) is 8.55. The second-order valence-electron chi connectivity index (χ2n) is 2.28. The Morgan fingerprint density at radius 3 is 3.17 bits per heavy atom. The van der Waals surface area contributed by atoms with Gasteiger partial charge < -0.3 is 0 Å². The third-order valence-electron chi connectivity index (χ3n) is 1.49. The molecular formula is C7H5N3OS. The van der Waals surface area contributed by atoms with Crippen LogP contribution in [-0.4, -0.2) is 14.4 Å². The Hall–Kier alpha value is -1.49. The molecule has 2 heterocycles. The molecule has 2 rings (SSSR count). The van der Waals surface area contributed by atoms with Crippen molar-refractivity contribution in [3.8, 4) is 0 Å². The smallest absolute Gasteiger partial charge is 0.282 e. The van der Waals surface area contributed by atoms with E-state index in [0.29, 0.717) is 5.65 Å². The molecule has 0 spiro atoms. The number of pyridine rings is 1. The summed E-state index contributed by atoms with van der Waals surface area (Å²) in [4.78, 5) is 17.6. The third kappa shape index (κ3) is 1.04. The molecule has 2 aromatic heterocycles. The molecule has 1 N–H and O–H groups in total. The normalized spacial score (nSPS) is 10.3. The highest BCUT2D eigenvalue weighted by molar-refractivity contribution is 7.71. The maximum atomic E-state index is 11.2. The van der Waals surface area contributed by atoms with Crippen molar-refractivity contribution in [2.24, 2.45) is 0 Å². The molecule has 4 nitrogen and oxygen atoms in total. The van der Waals surface area contributed by atoms with Crippen LogP contribution in [0.4, 0.5) is 0 Å². The fraction of sp³-hybridized carbons (Fsp3) is 0. The van der Waals surface area contributed by atoms with E-state index < -0.39 is 0 Å². The van der Waals surface area contributed by atoms with E-state index in [0.717, 1.165) is 0 Å². The van der Waals surface area contributed by atoms with Crippen molar-refractivity contribution in [1.82, 2.24) is 14.4 Å². The highest BCUT2D eigenvalue weighted by Crippen LogP contribution is 1.92. The Labute approximate surface area is 72.5 Å². The number of fused-ring (bicyclic) bond motifs is 1. The Morgan fingerprint density at radius 1 is 1.50 bits per heavy atom. The first-order valence-electron chi connectivity index (χ1n) is 3.35. The van der Waals surface area contributed by atoms with Crippen LogP contribution in [0.2, 0.25) is 0 Å². The van der Waals surface area contributed by atoms with E-state index >= 15 is 0 Å². The molecule has 0 atom stereocenters. The Morgan fingerprint density at radius 2 is 2.33 bits per heavy atom. The van der Waals surface area contributed by atoms with Gasteiger partial charge in [0.1, 0.15) is 5.65 Å². The van der Waals surface area contributed by atoms with E-state index in [4.69, 9.17) is 12.2 Å². The molecule has 5 heteroatoms. The average molecular weight is 179 g/mol. The van der Waals surface area contributed by atoms with Crippen LogP contribution in [-0.2, 0) is 0 Å². The predicted molar refractivity (Wildman–Crippen MR) is 46.6 cm³/mol. The minimum absolute atomic E-state index is 0.214. The van der Waals surface area contributed by atoms with Gasteiger partial charge in [-0.2, -0.15) is 0 Å². The van der Waals surface area contributed by atoms with Crippen molar-refractivity contribution >= 4 is 17.9 Å². The number of rotatable bonds is 0. The van der Waals surface area contributed by atoms with Gasteiger partial charge in [-0.25, -0.2) is 9.78 Å². The van der Waals surface area contributed by atoms with Gasteiger partial charge in [-0.1, -0.05) is 6.07 Å². The van der Waals surface area contributed by atoms with Crippen molar-refractivity contribution in [3.05, 3.63) is 39.7 Å². The first kappa shape index (κ1) is 7.17. The number of H-pyrrole nitrogens is 1. The van der Waals surface area contributed by atoms with Crippen molar-refractivity contribution in [2.75, 3.05) is 0 Å². The topological polar surface area (TPSA) is 50.2 Å². The first-order chi connectivity index (χ1) is 5.77. The van der Waals surface area contributed by atoms with Crippen molar-refractivity contribution < 1.29 is 0 Å². The maximum absolute atomic E-state index is 11.2. The van der Waals surface area contributed by atoms with Crippen LogP contribution < -0.4 is 5.69 Å². The van der Waals surface area contributed by atoms with Crippen LogP contribution in [0.5, 0.6) is 0 Å². The number of nitrogens with zero attached hydrogens (tertiary/aromatic N) is 2. The van der Waals surface area contributed by atoms with Gasteiger partial charge in [0, 0.05) is 6.20 Å². The summed E-state index contributed by atoms with van der Waals surface area (Å²) in [6, 6.07) is 5.29. The van der Waals surface area contributed by atoms with Crippen LogP contribution in [0, 0.1) is 4.77 Å². The zero-order valence-corrected chi connectivity index (χ0v) is 6.84. The fourth-order valence-electron chi connectivity index (χ4n) is 0.981. The monoisotopic (exact) mass is 179 g/mol. The van der Waals surface area contributed by atoms with Gasteiger partial charge in [-0.05, 0) is 24.4 Å². The molecule has 2 aromatic rings. The van der Waals surface area contributed by atoms with Crippen molar-refractivity contribution in [1.29, 1.82) is 0 Å². The summed E-state index contributed by atoms with van der Waals surface area (Å²) >= 11 is 4.75. The maximum Gasteiger partial charge on any atom is 0.333 e.